The highest BCUT2D eigenvalue weighted by molar-refractivity contribution is 6.05. The maximum absolute atomic E-state index is 13.3. The number of rotatable bonds is 7. The third-order valence-electron chi connectivity index (χ3n) is 4.79. The van der Waals surface area contributed by atoms with Crippen LogP contribution in [0, 0.1) is 5.82 Å². The second-order valence-corrected chi connectivity index (χ2v) is 7.06. The minimum atomic E-state index is -0.496. The molecule has 3 aromatic carbocycles. The summed E-state index contributed by atoms with van der Waals surface area (Å²) in [5, 5.41) is 7.11. The molecular formula is C25H20FN3O4. The summed E-state index contributed by atoms with van der Waals surface area (Å²) in [6, 6.07) is 21.5. The Bertz CT molecular complexity index is 1250. The zero-order chi connectivity index (χ0) is 23.2. The van der Waals surface area contributed by atoms with E-state index in [1.54, 1.807) is 42.6 Å². The average molecular weight is 445 g/mol. The zero-order valence-electron chi connectivity index (χ0n) is 17.7. The molecule has 0 saturated carbocycles. The van der Waals surface area contributed by atoms with Gasteiger partial charge in [0.2, 0.25) is 0 Å². The monoisotopic (exact) mass is 445 g/mol. The summed E-state index contributed by atoms with van der Waals surface area (Å²) in [5.74, 6) is -1.07. The molecule has 0 radical (unpaired) electrons. The second-order valence-electron chi connectivity index (χ2n) is 7.06. The van der Waals surface area contributed by atoms with Crippen LogP contribution in [0.4, 0.5) is 10.1 Å². The minimum Gasteiger partial charge on any atom is -0.485 e. The molecule has 1 amide bonds. The molecule has 4 rings (SSSR count). The Morgan fingerprint density at radius 1 is 0.970 bits per heavy atom. The molecule has 0 unspecified atom stereocenters. The number of carbonyl (C=O) groups is 2. The number of benzene rings is 3. The number of methoxy groups -OCH3 is 1. The largest absolute Gasteiger partial charge is 0.485 e. The highest BCUT2D eigenvalue weighted by atomic mass is 19.1. The first-order valence-electron chi connectivity index (χ1n) is 10.1. The van der Waals surface area contributed by atoms with E-state index in [1.165, 1.54) is 23.9 Å². The maximum Gasteiger partial charge on any atom is 0.337 e. The van der Waals surface area contributed by atoms with E-state index < -0.39 is 11.9 Å². The highest BCUT2D eigenvalue weighted by Gasteiger charge is 2.20. The van der Waals surface area contributed by atoms with E-state index in [0.717, 1.165) is 5.56 Å². The molecule has 0 fully saturated rings. The first kappa shape index (κ1) is 21.8. The molecule has 4 aromatic rings. The lowest BCUT2D eigenvalue weighted by Crippen LogP contribution is -2.14. The number of nitrogens with one attached hydrogen (secondary N) is 1. The Labute approximate surface area is 189 Å². The van der Waals surface area contributed by atoms with Gasteiger partial charge in [0.1, 0.15) is 12.4 Å². The van der Waals surface area contributed by atoms with Crippen molar-refractivity contribution in [2.45, 2.75) is 6.61 Å². The van der Waals surface area contributed by atoms with Crippen LogP contribution in [-0.2, 0) is 11.3 Å². The molecule has 33 heavy (non-hydrogen) atoms. The molecule has 0 saturated heterocycles. The number of nitrogens with zero attached hydrogens (tertiary/aromatic N) is 2. The highest BCUT2D eigenvalue weighted by Crippen LogP contribution is 2.23. The summed E-state index contributed by atoms with van der Waals surface area (Å²) < 4.78 is 25.3. The second kappa shape index (κ2) is 9.78. The number of hydrogen-bond acceptors (Lipinski definition) is 5. The molecule has 0 atom stereocenters. The molecule has 8 heteroatoms. The zero-order valence-corrected chi connectivity index (χ0v) is 17.7. The van der Waals surface area contributed by atoms with Crippen LogP contribution in [0.25, 0.3) is 5.69 Å². The van der Waals surface area contributed by atoms with Gasteiger partial charge in [0.25, 0.3) is 5.91 Å². The van der Waals surface area contributed by atoms with Gasteiger partial charge in [0, 0.05) is 5.69 Å². The van der Waals surface area contributed by atoms with Crippen LogP contribution in [0.2, 0.25) is 0 Å². The number of hydrogen-bond donors (Lipinski definition) is 1. The Morgan fingerprint density at radius 2 is 1.67 bits per heavy atom. The molecule has 0 aliphatic carbocycles. The van der Waals surface area contributed by atoms with Crippen molar-refractivity contribution in [3.63, 3.8) is 0 Å². The van der Waals surface area contributed by atoms with Crippen molar-refractivity contribution in [2.75, 3.05) is 12.4 Å². The van der Waals surface area contributed by atoms with Gasteiger partial charge in [-0.3, -0.25) is 4.79 Å². The van der Waals surface area contributed by atoms with Gasteiger partial charge in [-0.15, -0.1) is 0 Å². The smallest absolute Gasteiger partial charge is 0.337 e. The summed E-state index contributed by atoms with van der Waals surface area (Å²) in [7, 11) is 1.30. The minimum absolute atomic E-state index is 0.0623. The van der Waals surface area contributed by atoms with Crippen molar-refractivity contribution in [2.24, 2.45) is 0 Å². The normalized spacial score (nSPS) is 10.5. The summed E-state index contributed by atoms with van der Waals surface area (Å²) in [4.78, 5) is 24.6. The van der Waals surface area contributed by atoms with Crippen LogP contribution in [-0.4, -0.2) is 28.8 Å². The lowest BCUT2D eigenvalue weighted by Gasteiger charge is -2.07. The third kappa shape index (κ3) is 5.24. The van der Waals surface area contributed by atoms with E-state index in [1.807, 2.05) is 30.3 Å². The third-order valence-corrected chi connectivity index (χ3v) is 4.79. The van der Waals surface area contributed by atoms with Gasteiger partial charge in [0.15, 0.2) is 11.4 Å². The fourth-order valence-electron chi connectivity index (χ4n) is 3.08. The first-order chi connectivity index (χ1) is 16.0. The van der Waals surface area contributed by atoms with Crippen molar-refractivity contribution in [1.29, 1.82) is 0 Å². The molecule has 1 aromatic heterocycles. The molecule has 166 valence electrons. The predicted octanol–water partition coefficient (Wildman–Crippen LogP) is 4.63. The van der Waals surface area contributed by atoms with Crippen molar-refractivity contribution in [3.05, 3.63) is 108 Å². The Hall–Kier alpha value is -4.46. The Balaban J connectivity index is 1.59. The Kier molecular flexibility index (Phi) is 6.45. The van der Waals surface area contributed by atoms with Gasteiger partial charge < -0.3 is 14.8 Å². The van der Waals surface area contributed by atoms with E-state index in [4.69, 9.17) is 4.74 Å². The van der Waals surface area contributed by atoms with Crippen LogP contribution < -0.4 is 10.1 Å². The van der Waals surface area contributed by atoms with Gasteiger partial charge in [-0.25, -0.2) is 13.9 Å². The molecule has 0 spiro atoms. The van der Waals surface area contributed by atoms with Crippen LogP contribution in [0.3, 0.4) is 0 Å². The van der Waals surface area contributed by atoms with E-state index in [-0.39, 0.29) is 23.9 Å². The van der Waals surface area contributed by atoms with Crippen molar-refractivity contribution >= 4 is 17.6 Å². The maximum atomic E-state index is 13.3. The van der Waals surface area contributed by atoms with Gasteiger partial charge in [-0.05, 0) is 54.1 Å². The number of anilines is 1. The van der Waals surface area contributed by atoms with Gasteiger partial charge in [-0.2, -0.15) is 5.10 Å². The molecule has 0 aliphatic rings. The van der Waals surface area contributed by atoms with E-state index >= 15 is 0 Å². The van der Waals surface area contributed by atoms with Crippen LogP contribution >= 0.6 is 0 Å². The predicted molar refractivity (Wildman–Crippen MR) is 120 cm³/mol. The van der Waals surface area contributed by atoms with Gasteiger partial charge in [0.05, 0.1) is 24.6 Å². The van der Waals surface area contributed by atoms with Crippen LogP contribution in [0.1, 0.15) is 26.4 Å². The number of esters is 1. The van der Waals surface area contributed by atoms with Crippen molar-refractivity contribution < 1.29 is 23.5 Å². The fraction of sp³-hybridized carbons (Fsp3) is 0.0800. The lowest BCUT2D eigenvalue weighted by atomic mass is 10.2. The van der Waals surface area contributed by atoms with E-state index in [2.05, 4.69) is 15.2 Å². The van der Waals surface area contributed by atoms with Gasteiger partial charge >= 0.3 is 5.97 Å². The standard InChI is InChI=1S/C25H20FN3O4/c1-32-25(31)18-7-11-20(12-8-18)27-24(30)23-22(33-16-17-5-3-2-4-6-17)15-29(28-23)21-13-9-19(26)10-14-21/h2-15H,16H2,1H3,(H,27,30). The van der Waals surface area contributed by atoms with Crippen molar-refractivity contribution in [1.82, 2.24) is 9.78 Å². The van der Waals surface area contributed by atoms with E-state index in [0.29, 0.717) is 16.9 Å². The number of carbonyl (C=O) groups excluding carboxylic acids is 2. The average Bonchev–Trinajstić information content (AvgIpc) is 3.28. The topological polar surface area (TPSA) is 82.5 Å². The van der Waals surface area contributed by atoms with Gasteiger partial charge in [-0.1, -0.05) is 30.3 Å². The molecule has 1 heterocycles. The lowest BCUT2D eigenvalue weighted by molar-refractivity contribution is 0.0600. The summed E-state index contributed by atoms with van der Waals surface area (Å²) >= 11 is 0. The summed E-state index contributed by atoms with van der Waals surface area (Å²) in [6.07, 6.45) is 1.57. The number of aromatic nitrogens is 2. The quantitative estimate of drug-likeness (QED) is 0.420. The first-order valence-corrected chi connectivity index (χ1v) is 10.1. The Morgan fingerprint density at radius 3 is 2.33 bits per heavy atom. The summed E-state index contributed by atoms with van der Waals surface area (Å²) in [5.41, 5.74) is 2.40. The van der Waals surface area contributed by atoms with Crippen molar-refractivity contribution in [3.8, 4) is 11.4 Å². The van der Waals surface area contributed by atoms with Crippen LogP contribution in [0.15, 0.2) is 85.1 Å². The molecular weight excluding hydrogens is 425 g/mol. The summed E-state index contributed by atoms with van der Waals surface area (Å²) in [6.45, 7) is 0.240. The molecule has 7 nitrogen and oxygen atoms in total. The fourth-order valence-corrected chi connectivity index (χ4v) is 3.08. The molecule has 1 N–H and O–H groups in total. The number of ether oxygens (including phenoxy) is 2. The molecule has 0 aliphatic heterocycles. The molecule has 0 bridgehead atoms. The number of halogens is 1. The number of amides is 1. The van der Waals surface area contributed by atoms with Crippen LogP contribution in [0.5, 0.6) is 5.75 Å². The van der Waals surface area contributed by atoms with E-state index in [9.17, 15) is 14.0 Å². The SMILES string of the molecule is COC(=O)c1ccc(NC(=O)c2nn(-c3ccc(F)cc3)cc2OCc2ccccc2)cc1.